The summed E-state index contributed by atoms with van der Waals surface area (Å²) in [4.78, 5) is 26.9. The van der Waals surface area contributed by atoms with Gasteiger partial charge in [-0.25, -0.2) is 4.79 Å². The quantitative estimate of drug-likeness (QED) is 0.863. The summed E-state index contributed by atoms with van der Waals surface area (Å²) in [5, 5.41) is 0.138. The average molecular weight is 287 g/mol. The summed E-state index contributed by atoms with van der Waals surface area (Å²) in [6.07, 6.45) is 1.80. The van der Waals surface area contributed by atoms with E-state index >= 15 is 0 Å². The number of rotatable bonds is 3. The Morgan fingerprint density at radius 1 is 1.47 bits per heavy atom. The molecule has 0 saturated carbocycles. The molecule has 1 aliphatic rings. The number of nitrogens with one attached hydrogen (secondary N) is 1. The molecule has 1 saturated heterocycles. The van der Waals surface area contributed by atoms with Gasteiger partial charge < -0.3 is 4.74 Å². The molecule has 0 aromatic carbocycles. The second kappa shape index (κ2) is 5.13. The van der Waals surface area contributed by atoms with Crippen molar-refractivity contribution in [2.24, 2.45) is 0 Å². The number of halogens is 1. The molecule has 1 atom stereocenters. The van der Waals surface area contributed by atoms with E-state index in [1.54, 1.807) is 0 Å². The summed E-state index contributed by atoms with van der Waals surface area (Å²) in [6, 6.07) is 0. The minimum Gasteiger partial charge on any atom is -0.373 e. The van der Waals surface area contributed by atoms with Gasteiger partial charge in [-0.05, 0) is 25.7 Å². The van der Waals surface area contributed by atoms with E-state index in [0.29, 0.717) is 12.2 Å². The lowest BCUT2D eigenvalue weighted by atomic mass is 10.0. The Morgan fingerprint density at radius 2 is 2.16 bits per heavy atom. The highest BCUT2D eigenvalue weighted by Crippen LogP contribution is 2.26. The summed E-state index contributed by atoms with van der Waals surface area (Å²) in [6.45, 7) is 6.61. The lowest BCUT2D eigenvalue weighted by Gasteiger charge is -2.24. The van der Waals surface area contributed by atoms with Crippen LogP contribution >= 0.6 is 11.6 Å². The van der Waals surface area contributed by atoms with Crippen LogP contribution in [-0.4, -0.2) is 21.8 Å². The van der Waals surface area contributed by atoms with Gasteiger partial charge in [-0.2, -0.15) is 0 Å². The molecule has 0 amide bonds. The van der Waals surface area contributed by atoms with Gasteiger partial charge in [0.1, 0.15) is 5.15 Å². The second-order valence-corrected chi connectivity index (χ2v) is 5.98. The van der Waals surface area contributed by atoms with Crippen LogP contribution in [0.5, 0.6) is 0 Å². The number of H-pyrrole nitrogens is 1. The van der Waals surface area contributed by atoms with E-state index in [1.165, 1.54) is 4.57 Å². The number of aromatic nitrogens is 2. The van der Waals surface area contributed by atoms with Crippen molar-refractivity contribution in [1.82, 2.24) is 9.55 Å². The first-order valence-corrected chi connectivity index (χ1v) is 6.88. The second-order valence-electron chi connectivity index (χ2n) is 5.61. The highest BCUT2D eigenvalue weighted by Gasteiger charge is 2.32. The zero-order valence-corrected chi connectivity index (χ0v) is 12.2. The maximum absolute atomic E-state index is 12.4. The molecular weight excluding hydrogens is 268 g/mol. The number of aromatic amines is 1. The maximum atomic E-state index is 12.4. The molecule has 0 aliphatic carbocycles. The standard InChI is InChI=1S/C13H19ClN2O3/c1-8(2)9-10(14)15-12(18)16(11(9)17)7-13(3)5-4-6-19-13/h8H,4-7H2,1-3H3,(H,15,18). The lowest BCUT2D eigenvalue weighted by Crippen LogP contribution is -2.44. The van der Waals surface area contributed by atoms with Crippen molar-refractivity contribution in [1.29, 1.82) is 0 Å². The number of hydrogen-bond acceptors (Lipinski definition) is 3. The summed E-state index contributed by atoms with van der Waals surface area (Å²) >= 11 is 5.95. The molecule has 1 unspecified atom stereocenters. The zero-order valence-electron chi connectivity index (χ0n) is 11.5. The van der Waals surface area contributed by atoms with Gasteiger partial charge in [0.05, 0.1) is 17.7 Å². The largest absolute Gasteiger partial charge is 0.373 e. The van der Waals surface area contributed by atoms with Crippen molar-refractivity contribution in [2.45, 2.75) is 51.7 Å². The molecule has 2 rings (SSSR count). The van der Waals surface area contributed by atoms with E-state index < -0.39 is 11.3 Å². The third kappa shape index (κ3) is 2.77. The van der Waals surface area contributed by atoms with Crippen molar-refractivity contribution in [2.75, 3.05) is 6.61 Å². The number of hydrogen-bond donors (Lipinski definition) is 1. The Bertz CT molecular complexity index is 583. The van der Waals surface area contributed by atoms with Crippen LogP contribution in [0.2, 0.25) is 5.15 Å². The minimum absolute atomic E-state index is 0.0413. The first-order chi connectivity index (χ1) is 8.84. The molecule has 6 heteroatoms. The van der Waals surface area contributed by atoms with Crippen LogP contribution in [0.1, 0.15) is 45.1 Å². The fourth-order valence-electron chi connectivity index (χ4n) is 2.50. The van der Waals surface area contributed by atoms with Crippen LogP contribution in [0.15, 0.2) is 9.59 Å². The van der Waals surface area contributed by atoms with Gasteiger partial charge in [-0.1, -0.05) is 25.4 Å². The van der Waals surface area contributed by atoms with Crippen LogP contribution in [0.4, 0.5) is 0 Å². The number of ether oxygens (including phenoxy) is 1. The fourth-order valence-corrected chi connectivity index (χ4v) is 2.88. The Balaban J connectivity index is 2.49. The highest BCUT2D eigenvalue weighted by molar-refractivity contribution is 6.30. The summed E-state index contributed by atoms with van der Waals surface area (Å²) in [7, 11) is 0. The molecule has 1 aromatic heterocycles. The minimum atomic E-state index is -0.476. The van der Waals surface area contributed by atoms with E-state index in [-0.39, 0.29) is 23.2 Å². The van der Waals surface area contributed by atoms with Crippen molar-refractivity contribution in [3.8, 4) is 0 Å². The van der Waals surface area contributed by atoms with E-state index in [9.17, 15) is 9.59 Å². The van der Waals surface area contributed by atoms with Gasteiger partial charge in [-0.3, -0.25) is 14.3 Å². The molecule has 0 spiro atoms. The average Bonchev–Trinajstić information content (AvgIpc) is 2.71. The van der Waals surface area contributed by atoms with Crippen LogP contribution in [0, 0.1) is 0 Å². The molecule has 1 aliphatic heterocycles. The van der Waals surface area contributed by atoms with Crippen molar-refractivity contribution in [3.63, 3.8) is 0 Å². The Labute approximate surface area is 116 Å². The molecule has 106 valence electrons. The van der Waals surface area contributed by atoms with Gasteiger partial charge in [0, 0.05) is 6.61 Å². The molecule has 1 aromatic rings. The molecule has 0 radical (unpaired) electrons. The van der Waals surface area contributed by atoms with Gasteiger partial charge in [0.15, 0.2) is 0 Å². The van der Waals surface area contributed by atoms with Crippen LogP contribution in [0.25, 0.3) is 0 Å². The summed E-state index contributed by atoms with van der Waals surface area (Å²) in [5.41, 5.74) is -0.793. The predicted octanol–water partition coefficient (Wildman–Crippen LogP) is 1.88. The Kier molecular flexibility index (Phi) is 3.87. The molecular formula is C13H19ClN2O3. The van der Waals surface area contributed by atoms with E-state index in [2.05, 4.69) is 4.98 Å². The maximum Gasteiger partial charge on any atom is 0.329 e. The van der Waals surface area contributed by atoms with Gasteiger partial charge in [0.2, 0.25) is 0 Å². The third-order valence-corrected chi connectivity index (χ3v) is 3.84. The molecule has 19 heavy (non-hydrogen) atoms. The lowest BCUT2D eigenvalue weighted by molar-refractivity contribution is 0.00442. The van der Waals surface area contributed by atoms with Gasteiger partial charge >= 0.3 is 5.69 Å². The normalized spacial score (nSPS) is 23.2. The smallest absolute Gasteiger partial charge is 0.329 e. The first kappa shape index (κ1) is 14.3. The zero-order chi connectivity index (χ0) is 14.2. The summed E-state index contributed by atoms with van der Waals surface area (Å²) < 4.78 is 6.84. The SMILES string of the molecule is CC(C)c1c(Cl)[nH]c(=O)n(CC2(C)CCCO2)c1=O. The number of nitrogens with zero attached hydrogens (tertiary/aromatic N) is 1. The van der Waals surface area contributed by atoms with Crippen molar-refractivity contribution >= 4 is 11.6 Å². The van der Waals surface area contributed by atoms with E-state index in [0.717, 1.165) is 12.8 Å². The topological polar surface area (TPSA) is 64.1 Å². The monoisotopic (exact) mass is 286 g/mol. The van der Waals surface area contributed by atoms with Crippen LogP contribution < -0.4 is 11.2 Å². The van der Waals surface area contributed by atoms with Gasteiger partial charge in [0.25, 0.3) is 5.56 Å². The first-order valence-electron chi connectivity index (χ1n) is 6.50. The third-order valence-electron chi connectivity index (χ3n) is 3.54. The Morgan fingerprint density at radius 3 is 2.68 bits per heavy atom. The van der Waals surface area contributed by atoms with Gasteiger partial charge in [-0.15, -0.1) is 0 Å². The van der Waals surface area contributed by atoms with Crippen LogP contribution in [0.3, 0.4) is 0 Å². The fraction of sp³-hybridized carbons (Fsp3) is 0.692. The van der Waals surface area contributed by atoms with E-state index in [1.807, 2.05) is 20.8 Å². The molecule has 2 heterocycles. The Hall–Kier alpha value is -1.07. The van der Waals surface area contributed by atoms with Crippen LogP contribution in [-0.2, 0) is 11.3 Å². The van der Waals surface area contributed by atoms with Crippen molar-refractivity contribution < 1.29 is 4.74 Å². The highest BCUT2D eigenvalue weighted by atomic mass is 35.5. The van der Waals surface area contributed by atoms with E-state index in [4.69, 9.17) is 16.3 Å². The molecule has 0 bridgehead atoms. The van der Waals surface area contributed by atoms with Crippen molar-refractivity contribution in [3.05, 3.63) is 31.6 Å². The molecule has 5 nitrogen and oxygen atoms in total. The molecule has 1 fully saturated rings. The predicted molar refractivity (Wildman–Crippen MR) is 74.0 cm³/mol. The summed E-state index contributed by atoms with van der Waals surface area (Å²) in [5.74, 6) is -0.0413. The molecule has 1 N–H and O–H groups in total.